The van der Waals surface area contributed by atoms with Crippen LogP contribution in [0.2, 0.25) is 5.02 Å². The zero-order chi connectivity index (χ0) is 19.0. The van der Waals surface area contributed by atoms with Crippen molar-refractivity contribution in [2.24, 2.45) is 0 Å². The molecule has 27 heavy (non-hydrogen) atoms. The predicted octanol–water partition coefficient (Wildman–Crippen LogP) is 2.94. The average Bonchev–Trinajstić information content (AvgIpc) is 3.27. The van der Waals surface area contributed by atoms with Gasteiger partial charge in [-0.25, -0.2) is 9.50 Å². The van der Waals surface area contributed by atoms with E-state index in [0.29, 0.717) is 22.3 Å². The Hall–Kier alpha value is -2.97. The van der Waals surface area contributed by atoms with Crippen molar-refractivity contribution in [3.05, 3.63) is 47.2 Å². The fourth-order valence-corrected chi connectivity index (χ4v) is 2.83. The van der Waals surface area contributed by atoms with E-state index < -0.39 is 0 Å². The molecule has 3 N–H and O–H groups in total. The van der Waals surface area contributed by atoms with Crippen LogP contribution in [-0.2, 0) is 0 Å². The summed E-state index contributed by atoms with van der Waals surface area (Å²) in [5.74, 6) is 0.420. The molecule has 8 nitrogen and oxygen atoms in total. The highest BCUT2D eigenvalue weighted by molar-refractivity contribution is 6.30. The van der Waals surface area contributed by atoms with E-state index in [2.05, 4.69) is 25.6 Å². The lowest BCUT2D eigenvalue weighted by atomic mass is 10.1. The molecule has 0 fully saturated rings. The topological polar surface area (TPSA) is 104 Å². The van der Waals surface area contributed by atoms with E-state index in [1.54, 1.807) is 4.52 Å². The van der Waals surface area contributed by atoms with Crippen molar-refractivity contribution in [3.63, 3.8) is 0 Å². The zero-order valence-electron chi connectivity index (χ0n) is 14.8. The molecule has 9 heteroatoms. The molecule has 0 saturated heterocycles. The van der Waals surface area contributed by atoms with Gasteiger partial charge in [-0.3, -0.25) is 5.10 Å². The number of nitrogens with one attached hydrogen (secondary N) is 2. The highest BCUT2D eigenvalue weighted by Crippen LogP contribution is 2.26. The fraction of sp³-hybridized carbons (Fsp3) is 0.222. The predicted molar refractivity (Wildman–Crippen MR) is 104 cm³/mol. The Bertz CT molecular complexity index is 1090. The number of anilines is 1. The summed E-state index contributed by atoms with van der Waals surface area (Å²) in [6, 6.07) is 9.20. The number of aromatic nitrogens is 6. The minimum atomic E-state index is -0.163. The number of hydrogen-bond acceptors (Lipinski definition) is 6. The van der Waals surface area contributed by atoms with Crippen LogP contribution in [0.25, 0.3) is 28.3 Å². The van der Waals surface area contributed by atoms with E-state index >= 15 is 0 Å². The lowest BCUT2D eigenvalue weighted by molar-refractivity contribution is 0.281. The Morgan fingerprint density at radius 3 is 2.70 bits per heavy atom. The molecule has 4 rings (SSSR count). The number of nitrogens with zero attached hydrogens (tertiary/aromatic N) is 5. The summed E-state index contributed by atoms with van der Waals surface area (Å²) >= 11 is 6.00. The molecule has 3 aromatic heterocycles. The van der Waals surface area contributed by atoms with Crippen LogP contribution in [0.4, 0.5) is 5.95 Å². The molecule has 0 spiro atoms. The number of hydrogen-bond donors (Lipinski definition) is 3. The number of aromatic amines is 1. The van der Waals surface area contributed by atoms with Crippen molar-refractivity contribution in [2.75, 3.05) is 11.9 Å². The van der Waals surface area contributed by atoms with Crippen LogP contribution in [0.1, 0.15) is 12.6 Å². The smallest absolute Gasteiger partial charge is 0.243 e. The molecule has 0 radical (unpaired) electrons. The molecule has 0 amide bonds. The van der Waals surface area contributed by atoms with Gasteiger partial charge in [-0.2, -0.15) is 10.1 Å². The van der Waals surface area contributed by atoms with Crippen molar-refractivity contribution in [1.29, 1.82) is 0 Å². The molecule has 0 aliphatic rings. The van der Waals surface area contributed by atoms with E-state index in [-0.39, 0.29) is 12.6 Å². The molecule has 0 aliphatic heterocycles. The second-order valence-corrected chi connectivity index (χ2v) is 6.77. The number of aryl methyl sites for hydroxylation is 1. The van der Waals surface area contributed by atoms with Crippen LogP contribution in [-0.4, -0.2) is 47.5 Å². The Balaban J connectivity index is 1.89. The quantitative estimate of drug-likeness (QED) is 0.489. The highest BCUT2D eigenvalue weighted by atomic mass is 35.5. The van der Waals surface area contributed by atoms with Gasteiger partial charge in [-0.05, 0) is 32.0 Å². The summed E-state index contributed by atoms with van der Waals surface area (Å²) < 4.78 is 1.68. The molecule has 0 bridgehead atoms. The Morgan fingerprint density at radius 2 is 2.04 bits per heavy atom. The van der Waals surface area contributed by atoms with Gasteiger partial charge >= 0.3 is 0 Å². The SMILES string of the molecule is Cc1cc(-c2nc(-c3ccc(Cl)cc3)cn3nc(N[C@@H](C)CO)nc23)[nH]n1. The van der Waals surface area contributed by atoms with Gasteiger partial charge in [0.2, 0.25) is 5.95 Å². The molecule has 0 unspecified atom stereocenters. The van der Waals surface area contributed by atoms with Crippen molar-refractivity contribution in [3.8, 4) is 22.6 Å². The van der Waals surface area contributed by atoms with Crippen LogP contribution < -0.4 is 5.32 Å². The van der Waals surface area contributed by atoms with E-state index in [9.17, 15) is 5.11 Å². The van der Waals surface area contributed by atoms with E-state index in [1.165, 1.54) is 0 Å². The Kier molecular flexibility index (Phi) is 4.51. The summed E-state index contributed by atoms with van der Waals surface area (Å²) in [6.45, 7) is 3.73. The Labute approximate surface area is 160 Å². The summed E-state index contributed by atoms with van der Waals surface area (Å²) in [6.07, 6.45) is 1.81. The first-order chi connectivity index (χ1) is 13.0. The monoisotopic (exact) mass is 383 g/mol. The number of rotatable bonds is 5. The first-order valence-electron chi connectivity index (χ1n) is 8.46. The number of fused-ring (bicyclic) bond motifs is 1. The van der Waals surface area contributed by atoms with Gasteiger partial charge in [0.25, 0.3) is 0 Å². The first-order valence-corrected chi connectivity index (χ1v) is 8.84. The summed E-state index contributed by atoms with van der Waals surface area (Å²) in [5, 5.41) is 24.7. The van der Waals surface area contributed by atoms with Crippen molar-refractivity contribution in [2.45, 2.75) is 19.9 Å². The fourth-order valence-electron chi connectivity index (χ4n) is 2.70. The average molecular weight is 384 g/mol. The highest BCUT2D eigenvalue weighted by Gasteiger charge is 2.16. The summed E-state index contributed by atoms with van der Waals surface area (Å²) in [5.41, 5.74) is 4.47. The lowest BCUT2D eigenvalue weighted by Gasteiger charge is -2.06. The second-order valence-electron chi connectivity index (χ2n) is 6.34. The standard InChI is InChI=1S/C18H18ClN7O/c1-10-7-14(24-23-10)16-17-22-18(20-11(2)9-27)25-26(17)8-15(21-16)12-3-5-13(19)6-4-12/h3-8,11,27H,9H2,1-2H3,(H,20,25)(H,23,24)/t11-/m0/s1. The molecule has 1 atom stereocenters. The molecule has 0 aliphatic carbocycles. The third-order valence-electron chi connectivity index (χ3n) is 4.07. The number of aliphatic hydroxyl groups is 1. The van der Waals surface area contributed by atoms with Crippen LogP contribution in [0.3, 0.4) is 0 Å². The first kappa shape index (κ1) is 17.4. The van der Waals surface area contributed by atoms with Crippen molar-refractivity contribution >= 4 is 23.2 Å². The molecule has 138 valence electrons. The van der Waals surface area contributed by atoms with Gasteiger partial charge < -0.3 is 10.4 Å². The van der Waals surface area contributed by atoms with Crippen LogP contribution >= 0.6 is 11.6 Å². The van der Waals surface area contributed by atoms with Gasteiger partial charge in [-0.1, -0.05) is 23.7 Å². The molecular formula is C18H18ClN7O. The third-order valence-corrected chi connectivity index (χ3v) is 4.32. The number of H-pyrrole nitrogens is 1. The van der Waals surface area contributed by atoms with Gasteiger partial charge in [0, 0.05) is 16.6 Å². The zero-order valence-corrected chi connectivity index (χ0v) is 15.6. The van der Waals surface area contributed by atoms with E-state index in [0.717, 1.165) is 22.6 Å². The normalized spacial score (nSPS) is 12.4. The van der Waals surface area contributed by atoms with Gasteiger partial charge in [-0.15, -0.1) is 5.10 Å². The molecule has 4 aromatic rings. The third kappa shape index (κ3) is 3.49. The van der Waals surface area contributed by atoms with Gasteiger partial charge in [0.1, 0.15) is 5.69 Å². The lowest BCUT2D eigenvalue weighted by Crippen LogP contribution is -2.20. The molecule has 3 heterocycles. The summed E-state index contributed by atoms with van der Waals surface area (Å²) in [7, 11) is 0. The number of benzene rings is 1. The van der Waals surface area contributed by atoms with E-state index in [1.807, 2.05) is 50.4 Å². The van der Waals surface area contributed by atoms with Crippen LogP contribution in [0.15, 0.2) is 36.5 Å². The van der Waals surface area contributed by atoms with Crippen molar-refractivity contribution in [1.82, 2.24) is 29.8 Å². The molecular weight excluding hydrogens is 366 g/mol. The maximum Gasteiger partial charge on any atom is 0.243 e. The second kappa shape index (κ2) is 6.98. The summed E-state index contributed by atoms with van der Waals surface area (Å²) in [4.78, 5) is 9.32. The molecule has 1 aromatic carbocycles. The van der Waals surface area contributed by atoms with Crippen LogP contribution in [0, 0.1) is 6.92 Å². The Morgan fingerprint density at radius 1 is 1.26 bits per heavy atom. The molecule has 0 saturated carbocycles. The largest absolute Gasteiger partial charge is 0.394 e. The number of aliphatic hydroxyl groups excluding tert-OH is 1. The minimum absolute atomic E-state index is 0.0174. The maximum atomic E-state index is 9.26. The minimum Gasteiger partial charge on any atom is -0.394 e. The maximum absolute atomic E-state index is 9.26. The van der Waals surface area contributed by atoms with E-state index in [4.69, 9.17) is 16.6 Å². The van der Waals surface area contributed by atoms with Gasteiger partial charge in [0.05, 0.1) is 29.9 Å². The van der Waals surface area contributed by atoms with Crippen molar-refractivity contribution < 1.29 is 5.11 Å². The van der Waals surface area contributed by atoms with Gasteiger partial charge in [0.15, 0.2) is 5.65 Å². The number of halogens is 1. The van der Waals surface area contributed by atoms with Crippen LogP contribution in [0.5, 0.6) is 0 Å².